The van der Waals surface area contributed by atoms with Crippen molar-refractivity contribution in [2.45, 2.75) is 32.7 Å². The van der Waals surface area contributed by atoms with Crippen LogP contribution in [0.25, 0.3) is 0 Å². The molecule has 1 aromatic rings. The SMILES string of the molecule is CCNCc1ccc(N2CCOC(C)C2)c(C(F)(F)F)c1. The smallest absolute Gasteiger partial charge is 0.375 e. The summed E-state index contributed by atoms with van der Waals surface area (Å²) in [6.07, 6.45) is -4.40. The van der Waals surface area contributed by atoms with Gasteiger partial charge >= 0.3 is 6.18 Å². The van der Waals surface area contributed by atoms with Gasteiger partial charge in [-0.15, -0.1) is 0 Å². The van der Waals surface area contributed by atoms with Crippen LogP contribution in [0.2, 0.25) is 0 Å². The third kappa shape index (κ3) is 4.11. The molecule has 0 amide bonds. The maximum atomic E-state index is 13.3. The van der Waals surface area contributed by atoms with Crippen LogP contribution in [0.4, 0.5) is 18.9 Å². The first-order valence-corrected chi connectivity index (χ1v) is 7.19. The number of ether oxygens (including phenoxy) is 1. The molecule has 1 fully saturated rings. The molecule has 1 unspecified atom stereocenters. The zero-order valence-corrected chi connectivity index (χ0v) is 12.3. The number of benzene rings is 1. The molecule has 1 aliphatic heterocycles. The van der Waals surface area contributed by atoms with Crippen LogP contribution < -0.4 is 10.2 Å². The van der Waals surface area contributed by atoms with Crippen LogP contribution in [-0.4, -0.2) is 32.3 Å². The average molecular weight is 302 g/mol. The van der Waals surface area contributed by atoms with Crippen molar-refractivity contribution in [3.63, 3.8) is 0 Å². The van der Waals surface area contributed by atoms with E-state index < -0.39 is 11.7 Å². The van der Waals surface area contributed by atoms with E-state index in [-0.39, 0.29) is 11.8 Å². The molecule has 1 aromatic carbocycles. The summed E-state index contributed by atoms with van der Waals surface area (Å²) in [6, 6.07) is 4.58. The first kappa shape index (κ1) is 16.1. The molecule has 1 atom stereocenters. The first-order valence-electron chi connectivity index (χ1n) is 7.19. The van der Waals surface area contributed by atoms with E-state index in [0.717, 1.165) is 6.54 Å². The number of morpholine rings is 1. The third-order valence-electron chi connectivity index (χ3n) is 3.53. The van der Waals surface area contributed by atoms with Crippen molar-refractivity contribution in [1.82, 2.24) is 5.32 Å². The highest BCUT2D eigenvalue weighted by molar-refractivity contribution is 5.57. The minimum Gasteiger partial charge on any atom is -0.375 e. The lowest BCUT2D eigenvalue weighted by atomic mass is 10.1. The molecule has 1 saturated heterocycles. The summed E-state index contributed by atoms with van der Waals surface area (Å²) in [5.41, 5.74) is 0.333. The summed E-state index contributed by atoms with van der Waals surface area (Å²) in [5, 5.41) is 3.05. The van der Waals surface area contributed by atoms with Gasteiger partial charge in [0, 0.05) is 25.3 Å². The molecule has 0 aromatic heterocycles. The molecule has 0 aliphatic carbocycles. The van der Waals surface area contributed by atoms with Gasteiger partial charge in [-0.25, -0.2) is 0 Å². The fourth-order valence-corrected chi connectivity index (χ4v) is 2.50. The summed E-state index contributed by atoms with van der Waals surface area (Å²) in [6.45, 7) is 6.39. The number of nitrogens with one attached hydrogen (secondary N) is 1. The average Bonchev–Trinajstić information content (AvgIpc) is 2.44. The van der Waals surface area contributed by atoms with Crippen LogP contribution in [0.5, 0.6) is 0 Å². The predicted molar refractivity (Wildman–Crippen MR) is 76.5 cm³/mol. The van der Waals surface area contributed by atoms with E-state index in [0.29, 0.717) is 31.8 Å². The molecule has 1 aliphatic rings. The van der Waals surface area contributed by atoms with Crippen LogP contribution in [0, 0.1) is 0 Å². The van der Waals surface area contributed by atoms with Gasteiger partial charge in [0.2, 0.25) is 0 Å². The zero-order chi connectivity index (χ0) is 15.5. The Kier molecular flexibility index (Phi) is 5.11. The topological polar surface area (TPSA) is 24.5 Å². The van der Waals surface area contributed by atoms with Crippen molar-refractivity contribution in [3.8, 4) is 0 Å². The van der Waals surface area contributed by atoms with E-state index in [1.165, 1.54) is 6.07 Å². The van der Waals surface area contributed by atoms with Gasteiger partial charge in [0.05, 0.1) is 18.3 Å². The second-order valence-corrected chi connectivity index (χ2v) is 5.26. The van der Waals surface area contributed by atoms with E-state index in [9.17, 15) is 13.2 Å². The zero-order valence-electron chi connectivity index (χ0n) is 12.3. The fourth-order valence-electron chi connectivity index (χ4n) is 2.50. The van der Waals surface area contributed by atoms with Gasteiger partial charge in [-0.3, -0.25) is 0 Å². The van der Waals surface area contributed by atoms with Crippen molar-refractivity contribution in [3.05, 3.63) is 29.3 Å². The number of hydrogen-bond acceptors (Lipinski definition) is 3. The summed E-state index contributed by atoms with van der Waals surface area (Å²) in [4.78, 5) is 1.76. The highest BCUT2D eigenvalue weighted by atomic mass is 19.4. The van der Waals surface area contributed by atoms with E-state index in [1.807, 2.05) is 13.8 Å². The molecule has 0 saturated carbocycles. The van der Waals surface area contributed by atoms with Gasteiger partial charge in [0.15, 0.2) is 0 Å². The first-order chi connectivity index (χ1) is 9.91. The highest BCUT2D eigenvalue weighted by Gasteiger charge is 2.35. The van der Waals surface area contributed by atoms with Gasteiger partial charge in [-0.2, -0.15) is 13.2 Å². The van der Waals surface area contributed by atoms with E-state index in [4.69, 9.17) is 4.74 Å². The van der Waals surface area contributed by atoms with Crippen molar-refractivity contribution in [2.75, 3.05) is 31.1 Å². The second kappa shape index (κ2) is 6.66. The fraction of sp³-hybridized carbons (Fsp3) is 0.600. The Morgan fingerprint density at radius 1 is 1.38 bits per heavy atom. The Hall–Kier alpha value is -1.27. The Morgan fingerprint density at radius 2 is 2.14 bits per heavy atom. The Balaban J connectivity index is 2.31. The summed E-state index contributed by atoms with van der Waals surface area (Å²) in [7, 11) is 0. The number of hydrogen-bond donors (Lipinski definition) is 1. The molecule has 0 bridgehead atoms. The molecule has 3 nitrogen and oxygen atoms in total. The molecule has 1 heterocycles. The quantitative estimate of drug-likeness (QED) is 0.925. The second-order valence-electron chi connectivity index (χ2n) is 5.26. The number of halogens is 3. The van der Waals surface area contributed by atoms with Gasteiger partial charge in [-0.1, -0.05) is 13.0 Å². The molecule has 1 N–H and O–H groups in total. The van der Waals surface area contributed by atoms with Crippen LogP contribution >= 0.6 is 0 Å². The van der Waals surface area contributed by atoms with Crippen molar-refractivity contribution < 1.29 is 17.9 Å². The molecular weight excluding hydrogens is 281 g/mol. The third-order valence-corrected chi connectivity index (χ3v) is 3.53. The standard InChI is InChI=1S/C15H21F3N2O/c1-3-19-9-12-4-5-14(13(8-12)15(16,17)18)20-6-7-21-11(2)10-20/h4-5,8,11,19H,3,6-7,9-10H2,1-2H3. The van der Waals surface area contributed by atoms with Crippen LogP contribution in [-0.2, 0) is 17.5 Å². The molecule has 6 heteroatoms. The normalized spacial score (nSPS) is 19.9. The molecule has 21 heavy (non-hydrogen) atoms. The Bertz CT molecular complexity index is 476. The van der Waals surface area contributed by atoms with Gasteiger partial charge in [0.25, 0.3) is 0 Å². The lowest BCUT2D eigenvalue weighted by Gasteiger charge is -2.34. The molecule has 0 spiro atoms. The summed E-state index contributed by atoms with van der Waals surface area (Å²) >= 11 is 0. The van der Waals surface area contributed by atoms with E-state index in [1.54, 1.807) is 17.0 Å². The van der Waals surface area contributed by atoms with Crippen LogP contribution in [0.3, 0.4) is 0 Å². The van der Waals surface area contributed by atoms with Gasteiger partial charge in [0.1, 0.15) is 0 Å². The van der Waals surface area contributed by atoms with Crippen LogP contribution in [0.15, 0.2) is 18.2 Å². The monoisotopic (exact) mass is 302 g/mol. The largest absolute Gasteiger partial charge is 0.418 e. The maximum Gasteiger partial charge on any atom is 0.418 e. The summed E-state index contributed by atoms with van der Waals surface area (Å²) < 4.78 is 45.4. The minimum absolute atomic E-state index is 0.0544. The van der Waals surface area contributed by atoms with E-state index in [2.05, 4.69) is 5.32 Å². The molecule has 2 rings (SSSR count). The van der Waals surface area contributed by atoms with Crippen molar-refractivity contribution >= 4 is 5.69 Å². The van der Waals surface area contributed by atoms with Crippen molar-refractivity contribution in [1.29, 1.82) is 0 Å². The lowest BCUT2D eigenvalue weighted by molar-refractivity contribution is -0.137. The Labute approximate surface area is 123 Å². The number of alkyl halides is 3. The molecule has 0 radical (unpaired) electrons. The molecule has 118 valence electrons. The number of rotatable bonds is 4. The van der Waals surface area contributed by atoms with Gasteiger partial charge in [-0.05, 0) is 31.2 Å². The maximum absolute atomic E-state index is 13.3. The van der Waals surface area contributed by atoms with Gasteiger partial charge < -0.3 is 15.0 Å². The molecular formula is C15H21F3N2O. The van der Waals surface area contributed by atoms with Crippen LogP contribution in [0.1, 0.15) is 25.0 Å². The van der Waals surface area contributed by atoms with E-state index >= 15 is 0 Å². The van der Waals surface area contributed by atoms with Crippen molar-refractivity contribution in [2.24, 2.45) is 0 Å². The lowest BCUT2D eigenvalue weighted by Crippen LogP contribution is -2.42. The summed E-state index contributed by atoms with van der Waals surface area (Å²) in [5.74, 6) is 0. The number of nitrogens with zero attached hydrogens (tertiary/aromatic N) is 1. The predicted octanol–water partition coefficient (Wildman–Crippen LogP) is 3.04. The number of anilines is 1. The highest BCUT2D eigenvalue weighted by Crippen LogP contribution is 2.37. The Morgan fingerprint density at radius 3 is 2.76 bits per heavy atom. The minimum atomic E-state index is -4.35.